The predicted octanol–water partition coefficient (Wildman–Crippen LogP) is 2.05. The fourth-order valence-electron chi connectivity index (χ4n) is 3.18. The monoisotopic (exact) mass is 395 g/mol. The van der Waals surface area contributed by atoms with Gasteiger partial charge in [0.05, 0.1) is 11.9 Å². The van der Waals surface area contributed by atoms with Crippen LogP contribution in [0.15, 0.2) is 35.6 Å². The first kappa shape index (κ1) is 20.2. The predicted molar refractivity (Wildman–Crippen MR) is 115 cm³/mol. The maximum Gasteiger partial charge on any atom is 0.254 e. The number of nitrogens with two attached hydrogens (primary N) is 2. The van der Waals surface area contributed by atoms with Crippen molar-refractivity contribution in [1.82, 2.24) is 9.97 Å². The molecular weight excluding hydrogens is 370 g/mol. The number of amides is 1. The fraction of sp³-hybridized carbons (Fsp3) is 0.316. The van der Waals surface area contributed by atoms with Gasteiger partial charge in [0.2, 0.25) is 5.95 Å². The van der Waals surface area contributed by atoms with Crippen molar-refractivity contribution in [2.24, 2.45) is 16.6 Å². The summed E-state index contributed by atoms with van der Waals surface area (Å²) in [4.78, 5) is 20.5. The van der Waals surface area contributed by atoms with Gasteiger partial charge in [-0.3, -0.25) is 10.2 Å². The highest BCUT2D eigenvalue weighted by molar-refractivity contribution is 6.14. The zero-order valence-electron chi connectivity index (χ0n) is 15.9. The van der Waals surface area contributed by atoms with E-state index in [1.54, 1.807) is 6.07 Å². The maximum atomic E-state index is 11.8. The molecule has 0 radical (unpaired) electrons. The summed E-state index contributed by atoms with van der Waals surface area (Å²) in [6, 6.07) is 7.38. The van der Waals surface area contributed by atoms with Gasteiger partial charge >= 0.3 is 0 Å². The molecule has 29 heavy (non-hydrogen) atoms. The number of primary amides is 1. The molecule has 0 bridgehead atoms. The van der Waals surface area contributed by atoms with E-state index >= 15 is 0 Å². The van der Waals surface area contributed by atoms with E-state index in [-0.39, 0.29) is 17.6 Å². The Hall–Kier alpha value is -3.53. The normalized spacial score (nSPS) is 18.9. The van der Waals surface area contributed by atoms with E-state index in [1.165, 1.54) is 12.4 Å². The molecule has 2 atom stereocenters. The van der Waals surface area contributed by atoms with Crippen molar-refractivity contribution in [3.8, 4) is 0 Å². The van der Waals surface area contributed by atoms with Crippen molar-refractivity contribution in [3.63, 3.8) is 0 Å². The summed E-state index contributed by atoms with van der Waals surface area (Å²) < 4.78 is 0. The first-order chi connectivity index (χ1) is 14.1. The standard InChI is InChI=1S/C19H25N9O/c20-8-9-24-28-13-5-3-4-12(10-13)25-18-14(17(22)29)11-23-19(27-18)26-16-7-2-1-6-15(16)21/h3-5,8-11,15-16,20,28H,1-2,6-7,21H2,(H2,22,29)(H2,23,25,26,27)/b20-8?,24-9-. The smallest absolute Gasteiger partial charge is 0.254 e. The van der Waals surface area contributed by atoms with Gasteiger partial charge in [-0.25, -0.2) is 4.98 Å². The molecule has 2 unspecified atom stereocenters. The molecule has 0 spiro atoms. The molecule has 152 valence electrons. The summed E-state index contributed by atoms with van der Waals surface area (Å²) in [6.45, 7) is 0. The Morgan fingerprint density at radius 3 is 2.83 bits per heavy atom. The second kappa shape index (κ2) is 9.60. The fourth-order valence-corrected chi connectivity index (χ4v) is 3.18. The van der Waals surface area contributed by atoms with Crippen LogP contribution in [0.25, 0.3) is 0 Å². The Morgan fingerprint density at radius 2 is 2.07 bits per heavy atom. The molecule has 0 saturated heterocycles. The number of aromatic nitrogens is 2. The van der Waals surface area contributed by atoms with Gasteiger partial charge in [-0.15, -0.1) is 0 Å². The summed E-state index contributed by atoms with van der Waals surface area (Å²) in [7, 11) is 0. The molecule has 1 aliphatic rings. The van der Waals surface area contributed by atoms with Crippen LogP contribution >= 0.6 is 0 Å². The number of rotatable bonds is 8. The second-order valence-corrected chi connectivity index (χ2v) is 6.78. The van der Waals surface area contributed by atoms with Gasteiger partial charge in [0.25, 0.3) is 5.91 Å². The molecule has 3 rings (SSSR count). The maximum absolute atomic E-state index is 11.8. The summed E-state index contributed by atoms with van der Waals surface area (Å²) in [5, 5.41) is 17.2. The molecule has 2 aromatic rings. The van der Waals surface area contributed by atoms with Crippen LogP contribution in [-0.4, -0.2) is 40.4 Å². The van der Waals surface area contributed by atoms with Crippen molar-refractivity contribution >= 4 is 41.5 Å². The number of carbonyl (C=O) groups is 1. The van der Waals surface area contributed by atoms with Crippen molar-refractivity contribution in [2.75, 3.05) is 16.1 Å². The third-order valence-electron chi connectivity index (χ3n) is 4.66. The molecule has 8 N–H and O–H groups in total. The summed E-state index contributed by atoms with van der Waals surface area (Å²) in [5.74, 6) is 0.0718. The minimum Gasteiger partial charge on any atom is -0.365 e. The summed E-state index contributed by atoms with van der Waals surface area (Å²) in [6.07, 6.45) is 7.95. The third-order valence-corrected chi connectivity index (χ3v) is 4.66. The van der Waals surface area contributed by atoms with Crippen molar-refractivity contribution in [1.29, 1.82) is 5.41 Å². The molecule has 0 aliphatic heterocycles. The number of hydrogen-bond donors (Lipinski definition) is 6. The molecule has 10 nitrogen and oxygen atoms in total. The molecular formula is C19H25N9O. The Kier molecular flexibility index (Phi) is 6.69. The topological polar surface area (TPSA) is 167 Å². The molecule has 1 aromatic carbocycles. The Balaban J connectivity index is 1.81. The number of nitrogens with one attached hydrogen (secondary N) is 4. The van der Waals surface area contributed by atoms with Crippen LogP contribution in [0.2, 0.25) is 0 Å². The van der Waals surface area contributed by atoms with E-state index in [0.717, 1.165) is 31.9 Å². The van der Waals surface area contributed by atoms with Gasteiger partial charge in [0.15, 0.2) is 0 Å². The quantitative estimate of drug-likeness (QED) is 0.294. The lowest BCUT2D eigenvalue weighted by Crippen LogP contribution is -2.43. The largest absolute Gasteiger partial charge is 0.365 e. The highest BCUT2D eigenvalue weighted by Gasteiger charge is 2.23. The zero-order valence-corrected chi connectivity index (χ0v) is 15.9. The highest BCUT2D eigenvalue weighted by atomic mass is 16.1. The van der Waals surface area contributed by atoms with Gasteiger partial charge in [0, 0.05) is 30.2 Å². The zero-order chi connectivity index (χ0) is 20.6. The number of carbonyl (C=O) groups excluding carboxylic acids is 1. The highest BCUT2D eigenvalue weighted by Crippen LogP contribution is 2.24. The molecule has 1 aliphatic carbocycles. The molecule has 10 heteroatoms. The molecule has 1 amide bonds. The number of nitrogens with zero attached hydrogens (tertiary/aromatic N) is 3. The van der Waals surface area contributed by atoms with Crippen LogP contribution in [-0.2, 0) is 0 Å². The van der Waals surface area contributed by atoms with E-state index in [2.05, 4.69) is 31.1 Å². The van der Waals surface area contributed by atoms with Gasteiger partial charge in [-0.2, -0.15) is 10.1 Å². The van der Waals surface area contributed by atoms with Crippen molar-refractivity contribution in [3.05, 3.63) is 36.0 Å². The molecule has 1 saturated carbocycles. The van der Waals surface area contributed by atoms with E-state index in [1.807, 2.05) is 18.2 Å². The summed E-state index contributed by atoms with van der Waals surface area (Å²) >= 11 is 0. The first-order valence-electron chi connectivity index (χ1n) is 9.41. The Morgan fingerprint density at radius 1 is 1.28 bits per heavy atom. The average molecular weight is 395 g/mol. The lowest BCUT2D eigenvalue weighted by atomic mass is 9.91. The Bertz CT molecular complexity index is 899. The van der Waals surface area contributed by atoms with Crippen LogP contribution in [0.4, 0.5) is 23.1 Å². The van der Waals surface area contributed by atoms with Gasteiger partial charge in [-0.1, -0.05) is 18.9 Å². The third kappa shape index (κ3) is 5.48. The lowest BCUT2D eigenvalue weighted by Gasteiger charge is -2.29. The summed E-state index contributed by atoms with van der Waals surface area (Å²) in [5.41, 5.74) is 16.1. The van der Waals surface area contributed by atoms with Gasteiger partial charge < -0.3 is 27.5 Å². The average Bonchev–Trinajstić information content (AvgIpc) is 2.70. The van der Waals surface area contributed by atoms with Crippen LogP contribution in [0.3, 0.4) is 0 Å². The van der Waals surface area contributed by atoms with Crippen LogP contribution < -0.4 is 27.5 Å². The second-order valence-electron chi connectivity index (χ2n) is 6.78. The van der Waals surface area contributed by atoms with E-state index in [4.69, 9.17) is 16.9 Å². The van der Waals surface area contributed by atoms with E-state index in [9.17, 15) is 4.79 Å². The number of hydrazone groups is 1. The molecule has 1 aromatic heterocycles. The molecule has 1 fully saturated rings. The number of hydrogen-bond acceptors (Lipinski definition) is 9. The number of benzene rings is 1. The SMILES string of the molecule is N=C/C=N\Nc1cccc(Nc2nc(NC3CCCCC3N)ncc2C(N)=O)c1. The minimum absolute atomic E-state index is 0.0452. The van der Waals surface area contributed by atoms with Crippen molar-refractivity contribution < 1.29 is 4.79 Å². The van der Waals surface area contributed by atoms with Gasteiger partial charge in [-0.05, 0) is 31.0 Å². The van der Waals surface area contributed by atoms with Crippen molar-refractivity contribution in [2.45, 2.75) is 37.8 Å². The van der Waals surface area contributed by atoms with E-state index in [0.29, 0.717) is 23.1 Å². The van der Waals surface area contributed by atoms with Crippen LogP contribution in [0.1, 0.15) is 36.0 Å². The lowest BCUT2D eigenvalue weighted by molar-refractivity contribution is 0.100. The minimum atomic E-state index is -0.627. The number of anilines is 4. The molecule has 1 heterocycles. The first-order valence-corrected chi connectivity index (χ1v) is 9.41. The Labute approximate surface area is 168 Å². The van der Waals surface area contributed by atoms with E-state index < -0.39 is 5.91 Å². The van der Waals surface area contributed by atoms with Crippen LogP contribution in [0.5, 0.6) is 0 Å². The van der Waals surface area contributed by atoms with Gasteiger partial charge in [0.1, 0.15) is 11.4 Å². The van der Waals surface area contributed by atoms with Crippen LogP contribution in [0, 0.1) is 5.41 Å².